The summed E-state index contributed by atoms with van der Waals surface area (Å²) in [5.41, 5.74) is 1.96. The number of fused-ring (bicyclic) bond motifs is 5. The lowest BCUT2D eigenvalue weighted by Gasteiger charge is -2.60. The number of carbonyl (C=O) groups excluding carboxylic acids is 2. The van der Waals surface area contributed by atoms with Gasteiger partial charge >= 0.3 is 5.97 Å². The van der Waals surface area contributed by atoms with E-state index >= 15 is 0 Å². The summed E-state index contributed by atoms with van der Waals surface area (Å²) in [6.07, 6.45) is 14.8. The molecule has 0 spiro atoms. The molecule has 196 valence electrons. The van der Waals surface area contributed by atoms with Crippen molar-refractivity contribution in [2.24, 2.45) is 39.9 Å². The van der Waals surface area contributed by atoms with E-state index < -0.39 is 0 Å². The number of rotatable bonds is 5. The van der Waals surface area contributed by atoms with E-state index in [1.807, 2.05) is 0 Å². The van der Waals surface area contributed by atoms with Crippen molar-refractivity contribution in [2.75, 3.05) is 19.6 Å². The molecule has 1 saturated heterocycles. The van der Waals surface area contributed by atoms with Crippen LogP contribution in [0.15, 0.2) is 11.6 Å². The average Bonchev–Trinajstić information content (AvgIpc) is 3.15. The van der Waals surface area contributed by atoms with Crippen molar-refractivity contribution in [2.45, 2.75) is 111 Å². The molecule has 4 fully saturated rings. The first-order chi connectivity index (χ1) is 16.5. The van der Waals surface area contributed by atoms with Crippen LogP contribution in [0.2, 0.25) is 0 Å². The zero-order chi connectivity index (χ0) is 25.0. The van der Waals surface area contributed by atoms with Crippen molar-refractivity contribution < 1.29 is 14.3 Å². The summed E-state index contributed by atoms with van der Waals surface area (Å²) in [7, 11) is 0. The first-order valence-corrected chi connectivity index (χ1v) is 14.7. The van der Waals surface area contributed by atoms with Crippen molar-refractivity contribution >= 4 is 11.8 Å². The molecule has 5 rings (SSSR count). The van der Waals surface area contributed by atoms with Crippen LogP contribution < -0.4 is 0 Å². The van der Waals surface area contributed by atoms with Gasteiger partial charge in [-0.25, -0.2) is 0 Å². The highest BCUT2D eigenvalue weighted by Gasteiger charge is 2.59. The Labute approximate surface area is 213 Å². The lowest BCUT2D eigenvalue weighted by atomic mass is 9.44. The van der Waals surface area contributed by atoms with Crippen molar-refractivity contribution in [3.63, 3.8) is 0 Å². The van der Waals surface area contributed by atoms with Crippen LogP contribution in [0.3, 0.4) is 0 Å². The van der Waals surface area contributed by atoms with Gasteiger partial charge in [0.2, 0.25) is 0 Å². The molecule has 4 aliphatic carbocycles. The summed E-state index contributed by atoms with van der Waals surface area (Å²) >= 11 is 0. The first kappa shape index (κ1) is 25.5. The molecular formula is C31H49NO3. The van der Waals surface area contributed by atoms with Crippen LogP contribution in [0.1, 0.15) is 105 Å². The average molecular weight is 484 g/mol. The molecule has 4 nitrogen and oxygen atoms in total. The summed E-state index contributed by atoms with van der Waals surface area (Å²) < 4.78 is 6.08. The Kier molecular flexibility index (Phi) is 6.77. The molecule has 1 heterocycles. The number of hydrogen-bond donors (Lipinski definition) is 0. The van der Waals surface area contributed by atoms with Crippen LogP contribution in [0.5, 0.6) is 0 Å². The topological polar surface area (TPSA) is 46.6 Å². The van der Waals surface area contributed by atoms with Crippen LogP contribution >= 0.6 is 0 Å². The fourth-order valence-corrected chi connectivity index (χ4v) is 9.67. The SMILES string of the molecule is CC(=O)C1=CCC2C3CC[C@H]4CC(OC(=O)CCN5CCCC(C)(C)C5)CC[C@]4(C)C3CC[C@]12C. The van der Waals surface area contributed by atoms with Crippen LogP contribution in [0.4, 0.5) is 0 Å². The number of piperidine rings is 1. The monoisotopic (exact) mass is 483 g/mol. The summed E-state index contributed by atoms with van der Waals surface area (Å²) in [6.45, 7) is 14.4. The standard InChI is InChI=1S/C31H49NO3/c1-21(33)25-9-10-26-24-8-7-22-19-23(11-15-30(22,4)27(24)12-16-31(25,26)5)35-28(34)13-18-32-17-6-14-29(2,3)20-32/h9,22-24,26-27H,6-8,10-20H2,1-5H3/t22-,23?,24?,26?,27?,30-,31+/m0/s1. The van der Waals surface area contributed by atoms with E-state index in [0.29, 0.717) is 34.9 Å². The molecule has 3 saturated carbocycles. The van der Waals surface area contributed by atoms with E-state index in [-0.39, 0.29) is 17.5 Å². The molecule has 0 amide bonds. The number of carbonyl (C=O) groups is 2. The molecule has 0 bridgehead atoms. The lowest BCUT2D eigenvalue weighted by Crippen LogP contribution is -2.54. The number of hydrogen-bond acceptors (Lipinski definition) is 4. The molecule has 4 unspecified atom stereocenters. The smallest absolute Gasteiger partial charge is 0.307 e. The normalized spacial score (nSPS) is 42.9. The summed E-state index contributed by atoms with van der Waals surface area (Å²) in [5, 5.41) is 0. The molecule has 0 aromatic heterocycles. The Morgan fingerprint density at radius 1 is 1.03 bits per heavy atom. The summed E-state index contributed by atoms with van der Waals surface area (Å²) in [5.74, 6) is 3.13. The van der Waals surface area contributed by atoms with Crippen molar-refractivity contribution in [1.29, 1.82) is 0 Å². The summed E-state index contributed by atoms with van der Waals surface area (Å²) in [4.78, 5) is 27.5. The third-order valence-corrected chi connectivity index (χ3v) is 11.5. The van der Waals surface area contributed by atoms with Gasteiger partial charge in [0.25, 0.3) is 0 Å². The zero-order valence-corrected chi connectivity index (χ0v) is 23.0. The molecule has 7 atom stereocenters. The van der Waals surface area contributed by atoms with Crippen LogP contribution in [-0.2, 0) is 14.3 Å². The number of likely N-dealkylation sites (tertiary alicyclic amines) is 1. The largest absolute Gasteiger partial charge is 0.462 e. The number of allylic oxidation sites excluding steroid dienone is 2. The molecule has 0 aromatic carbocycles. The van der Waals surface area contributed by atoms with Gasteiger partial charge < -0.3 is 9.64 Å². The second kappa shape index (κ2) is 9.30. The number of ketones is 1. The van der Waals surface area contributed by atoms with Gasteiger partial charge in [-0.1, -0.05) is 33.8 Å². The van der Waals surface area contributed by atoms with Gasteiger partial charge in [-0.3, -0.25) is 9.59 Å². The lowest BCUT2D eigenvalue weighted by molar-refractivity contribution is -0.161. The molecule has 0 N–H and O–H groups in total. The van der Waals surface area contributed by atoms with E-state index in [4.69, 9.17) is 4.74 Å². The molecule has 5 aliphatic rings. The third kappa shape index (κ3) is 4.66. The van der Waals surface area contributed by atoms with E-state index in [9.17, 15) is 9.59 Å². The number of Topliss-reactive ketones (excluding diaryl/α,β-unsaturated/α-hetero) is 1. The Balaban J connectivity index is 1.16. The quantitative estimate of drug-likeness (QED) is 0.415. The van der Waals surface area contributed by atoms with E-state index in [1.165, 1.54) is 38.5 Å². The fraction of sp³-hybridized carbons (Fsp3) is 0.871. The Bertz CT molecular complexity index is 876. The maximum Gasteiger partial charge on any atom is 0.307 e. The predicted molar refractivity (Wildman–Crippen MR) is 140 cm³/mol. The predicted octanol–water partition coefficient (Wildman–Crippen LogP) is 6.58. The highest BCUT2D eigenvalue weighted by molar-refractivity contribution is 5.95. The minimum Gasteiger partial charge on any atom is -0.462 e. The number of esters is 1. The fourth-order valence-electron chi connectivity index (χ4n) is 9.67. The van der Waals surface area contributed by atoms with E-state index in [2.05, 4.69) is 38.7 Å². The minimum atomic E-state index is 0.0119. The minimum absolute atomic E-state index is 0.0119. The molecule has 0 radical (unpaired) electrons. The first-order valence-electron chi connectivity index (χ1n) is 14.7. The zero-order valence-electron chi connectivity index (χ0n) is 23.0. The van der Waals surface area contributed by atoms with Gasteiger partial charge in [-0.15, -0.1) is 0 Å². The second-order valence-electron chi connectivity index (χ2n) is 14.2. The van der Waals surface area contributed by atoms with Crippen LogP contribution in [-0.4, -0.2) is 42.4 Å². The van der Waals surface area contributed by atoms with Crippen LogP contribution in [0, 0.1) is 39.9 Å². The van der Waals surface area contributed by atoms with Gasteiger partial charge in [0.15, 0.2) is 5.78 Å². The molecule has 1 aliphatic heterocycles. The second-order valence-corrected chi connectivity index (χ2v) is 14.2. The number of nitrogens with zero attached hydrogens (tertiary/aromatic N) is 1. The Morgan fingerprint density at radius 3 is 2.57 bits per heavy atom. The van der Waals surface area contributed by atoms with Crippen molar-refractivity contribution in [1.82, 2.24) is 4.90 Å². The van der Waals surface area contributed by atoms with Crippen molar-refractivity contribution in [3.8, 4) is 0 Å². The third-order valence-electron chi connectivity index (χ3n) is 11.5. The molecular weight excluding hydrogens is 434 g/mol. The van der Waals surface area contributed by atoms with Gasteiger partial charge in [0.1, 0.15) is 6.10 Å². The summed E-state index contributed by atoms with van der Waals surface area (Å²) in [6, 6.07) is 0. The van der Waals surface area contributed by atoms with Gasteiger partial charge in [0.05, 0.1) is 6.42 Å². The molecule has 4 heteroatoms. The van der Waals surface area contributed by atoms with E-state index in [1.54, 1.807) is 6.92 Å². The highest BCUT2D eigenvalue weighted by Crippen LogP contribution is 2.66. The van der Waals surface area contributed by atoms with Gasteiger partial charge in [-0.05, 0) is 123 Å². The van der Waals surface area contributed by atoms with Crippen molar-refractivity contribution in [3.05, 3.63) is 11.6 Å². The Morgan fingerprint density at radius 2 is 1.83 bits per heavy atom. The Hall–Kier alpha value is -1.16. The van der Waals surface area contributed by atoms with E-state index in [0.717, 1.165) is 62.7 Å². The van der Waals surface area contributed by atoms with Crippen LogP contribution in [0.25, 0.3) is 0 Å². The maximum atomic E-state index is 12.7. The molecule has 35 heavy (non-hydrogen) atoms. The number of ether oxygens (including phenoxy) is 1. The maximum absolute atomic E-state index is 12.7. The van der Waals surface area contributed by atoms with Gasteiger partial charge in [0, 0.05) is 13.1 Å². The molecule has 0 aromatic rings. The highest BCUT2D eigenvalue weighted by atomic mass is 16.5. The van der Waals surface area contributed by atoms with Gasteiger partial charge in [-0.2, -0.15) is 0 Å².